The van der Waals surface area contributed by atoms with E-state index < -0.39 is 0 Å². The molecule has 0 spiro atoms. The number of hydrogen-bond acceptors (Lipinski definition) is 1. The van der Waals surface area contributed by atoms with Crippen molar-refractivity contribution in [2.45, 2.75) is 45.6 Å². The van der Waals surface area contributed by atoms with Crippen LogP contribution in [-0.4, -0.2) is 18.6 Å². The highest BCUT2D eigenvalue weighted by molar-refractivity contribution is 6.18. The van der Waals surface area contributed by atoms with E-state index in [-0.39, 0.29) is 5.60 Å². The van der Waals surface area contributed by atoms with Crippen molar-refractivity contribution in [1.29, 1.82) is 0 Å². The first kappa shape index (κ1) is 15.5. The van der Waals surface area contributed by atoms with Crippen LogP contribution in [0.15, 0.2) is 24.3 Å². The Morgan fingerprint density at radius 3 is 2.50 bits per heavy atom. The average Bonchev–Trinajstić information content (AvgIpc) is 2.36. The van der Waals surface area contributed by atoms with E-state index in [0.29, 0.717) is 11.8 Å². The Morgan fingerprint density at radius 1 is 1.28 bits per heavy atom. The molecule has 1 aromatic rings. The summed E-state index contributed by atoms with van der Waals surface area (Å²) in [6.07, 6.45) is 3.22. The van der Waals surface area contributed by atoms with Gasteiger partial charge < -0.3 is 4.74 Å². The topological polar surface area (TPSA) is 9.23 Å². The molecule has 18 heavy (non-hydrogen) atoms. The highest BCUT2D eigenvalue weighted by atomic mass is 35.5. The molecule has 0 aliphatic heterocycles. The molecular weight excluding hydrogens is 244 g/mol. The van der Waals surface area contributed by atoms with E-state index >= 15 is 0 Å². The first-order valence-electron chi connectivity index (χ1n) is 6.64. The van der Waals surface area contributed by atoms with Gasteiger partial charge in [-0.1, -0.05) is 24.3 Å². The van der Waals surface area contributed by atoms with Crippen LogP contribution in [0.1, 0.15) is 37.8 Å². The summed E-state index contributed by atoms with van der Waals surface area (Å²) in [6, 6.07) is 8.56. The van der Waals surface area contributed by atoms with Gasteiger partial charge in [0.05, 0.1) is 5.60 Å². The van der Waals surface area contributed by atoms with Gasteiger partial charge in [-0.05, 0) is 57.1 Å². The van der Waals surface area contributed by atoms with E-state index in [0.717, 1.165) is 19.3 Å². The van der Waals surface area contributed by atoms with Crippen LogP contribution >= 0.6 is 11.6 Å². The van der Waals surface area contributed by atoms with Crippen LogP contribution < -0.4 is 0 Å². The molecule has 102 valence electrons. The van der Waals surface area contributed by atoms with Gasteiger partial charge in [0.25, 0.3) is 0 Å². The lowest BCUT2D eigenvalue weighted by Gasteiger charge is -2.25. The molecule has 1 aromatic carbocycles. The highest BCUT2D eigenvalue weighted by Crippen LogP contribution is 2.23. The molecule has 2 heteroatoms. The zero-order valence-electron chi connectivity index (χ0n) is 12.0. The summed E-state index contributed by atoms with van der Waals surface area (Å²) in [5, 5.41) is 0. The lowest BCUT2D eigenvalue weighted by molar-refractivity contribution is 0.0110. The molecule has 0 aliphatic carbocycles. The zero-order chi connectivity index (χ0) is 13.6. The first-order valence-corrected chi connectivity index (χ1v) is 7.17. The maximum Gasteiger partial charge on any atom is 0.0622 e. The molecule has 0 aliphatic rings. The quantitative estimate of drug-likeness (QED) is 0.657. The van der Waals surface area contributed by atoms with E-state index in [1.54, 1.807) is 7.11 Å². The summed E-state index contributed by atoms with van der Waals surface area (Å²) in [5.74, 6) is 1.25. The fraction of sp³-hybridized carbons (Fsp3) is 0.625. The molecule has 0 saturated heterocycles. The number of rotatable bonds is 7. The minimum absolute atomic E-state index is 0.0456. The van der Waals surface area contributed by atoms with E-state index in [4.69, 9.17) is 16.3 Å². The fourth-order valence-corrected chi connectivity index (χ4v) is 2.30. The predicted octanol–water partition coefficient (Wildman–Crippen LogP) is 4.60. The Kier molecular flexibility index (Phi) is 6.17. The van der Waals surface area contributed by atoms with Gasteiger partial charge in [0, 0.05) is 13.0 Å². The van der Waals surface area contributed by atoms with Crippen LogP contribution in [-0.2, 0) is 11.2 Å². The second-order valence-electron chi connectivity index (χ2n) is 5.65. The van der Waals surface area contributed by atoms with Crippen molar-refractivity contribution in [1.82, 2.24) is 0 Å². The van der Waals surface area contributed by atoms with Crippen molar-refractivity contribution in [3.05, 3.63) is 35.4 Å². The van der Waals surface area contributed by atoms with Gasteiger partial charge >= 0.3 is 0 Å². The van der Waals surface area contributed by atoms with Gasteiger partial charge in [-0.3, -0.25) is 0 Å². The standard InChI is InChI=1S/C16H25ClO/c1-13-7-5-6-8-15(13)11-14(12-17)9-10-16(2,3)18-4/h5-8,14H,9-12H2,1-4H3. The summed E-state index contributed by atoms with van der Waals surface area (Å²) < 4.78 is 5.46. The molecule has 0 aromatic heterocycles. The number of methoxy groups -OCH3 is 1. The molecule has 0 heterocycles. The molecule has 1 atom stereocenters. The fourth-order valence-electron chi connectivity index (χ4n) is 2.04. The number of halogens is 1. The molecule has 0 fully saturated rings. The van der Waals surface area contributed by atoms with Crippen LogP contribution in [0.25, 0.3) is 0 Å². The second-order valence-corrected chi connectivity index (χ2v) is 5.96. The molecular formula is C16H25ClO. The largest absolute Gasteiger partial charge is 0.379 e. The minimum Gasteiger partial charge on any atom is -0.379 e. The number of ether oxygens (including phenoxy) is 1. The molecule has 1 nitrogen and oxygen atoms in total. The Hall–Kier alpha value is -0.530. The Labute approximate surface area is 116 Å². The second kappa shape index (κ2) is 7.16. The maximum absolute atomic E-state index is 6.10. The Morgan fingerprint density at radius 2 is 1.94 bits per heavy atom. The van der Waals surface area contributed by atoms with Crippen molar-refractivity contribution >= 4 is 11.6 Å². The summed E-state index contributed by atoms with van der Waals surface area (Å²) in [7, 11) is 1.77. The molecule has 1 rings (SSSR count). The van der Waals surface area contributed by atoms with E-state index in [2.05, 4.69) is 45.0 Å². The Balaban J connectivity index is 2.55. The number of aryl methyl sites for hydroxylation is 1. The predicted molar refractivity (Wildman–Crippen MR) is 79.4 cm³/mol. The SMILES string of the molecule is COC(C)(C)CCC(CCl)Cc1ccccc1C. The van der Waals surface area contributed by atoms with E-state index in [1.165, 1.54) is 11.1 Å². The molecule has 1 unspecified atom stereocenters. The number of benzene rings is 1. The van der Waals surface area contributed by atoms with Gasteiger partial charge in [-0.2, -0.15) is 0 Å². The van der Waals surface area contributed by atoms with Gasteiger partial charge in [-0.25, -0.2) is 0 Å². The van der Waals surface area contributed by atoms with Crippen LogP contribution in [0.2, 0.25) is 0 Å². The van der Waals surface area contributed by atoms with Crippen LogP contribution in [0.4, 0.5) is 0 Å². The lowest BCUT2D eigenvalue weighted by Crippen LogP contribution is -2.24. The third-order valence-corrected chi connectivity index (χ3v) is 4.13. The summed E-state index contributed by atoms with van der Waals surface area (Å²) in [4.78, 5) is 0. The molecule has 0 saturated carbocycles. The summed E-state index contributed by atoms with van der Waals surface area (Å²) in [6.45, 7) is 6.43. The van der Waals surface area contributed by atoms with Gasteiger partial charge in [0.2, 0.25) is 0 Å². The van der Waals surface area contributed by atoms with Crippen molar-refractivity contribution in [3.63, 3.8) is 0 Å². The molecule has 0 radical (unpaired) electrons. The van der Waals surface area contributed by atoms with Gasteiger partial charge in [-0.15, -0.1) is 11.6 Å². The van der Waals surface area contributed by atoms with Gasteiger partial charge in [0.15, 0.2) is 0 Å². The van der Waals surface area contributed by atoms with Crippen molar-refractivity contribution in [2.24, 2.45) is 5.92 Å². The molecule has 0 bridgehead atoms. The summed E-state index contributed by atoms with van der Waals surface area (Å²) in [5.41, 5.74) is 2.73. The lowest BCUT2D eigenvalue weighted by atomic mass is 9.90. The molecule has 0 N–H and O–H groups in total. The number of hydrogen-bond donors (Lipinski definition) is 0. The third-order valence-electron chi connectivity index (χ3n) is 3.70. The van der Waals surface area contributed by atoms with Crippen molar-refractivity contribution in [3.8, 4) is 0 Å². The minimum atomic E-state index is -0.0456. The smallest absolute Gasteiger partial charge is 0.0622 e. The maximum atomic E-state index is 6.10. The average molecular weight is 269 g/mol. The zero-order valence-corrected chi connectivity index (χ0v) is 12.8. The monoisotopic (exact) mass is 268 g/mol. The van der Waals surface area contributed by atoms with Crippen LogP contribution in [0, 0.1) is 12.8 Å². The van der Waals surface area contributed by atoms with Crippen molar-refractivity contribution in [2.75, 3.05) is 13.0 Å². The van der Waals surface area contributed by atoms with E-state index in [1.807, 2.05) is 0 Å². The molecule has 0 amide bonds. The van der Waals surface area contributed by atoms with Gasteiger partial charge in [0.1, 0.15) is 0 Å². The normalized spacial score (nSPS) is 13.6. The van der Waals surface area contributed by atoms with Crippen molar-refractivity contribution < 1.29 is 4.74 Å². The third kappa shape index (κ3) is 4.99. The summed E-state index contributed by atoms with van der Waals surface area (Å²) >= 11 is 6.10. The van der Waals surface area contributed by atoms with Crippen LogP contribution in [0.5, 0.6) is 0 Å². The Bertz CT molecular complexity index is 360. The number of alkyl halides is 1. The van der Waals surface area contributed by atoms with Crippen LogP contribution in [0.3, 0.4) is 0 Å². The first-order chi connectivity index (χ1) is 8.48. The highest BCUT2D eigenvalue weighted by Gasteiger charge is 2.19. The van der Waals surface area contributed by atoms with E-state index in [9.17, 15) is 0 Å².